The van der Waals surface area contributed by atoms with Gasteiger partial charge in [-0.25, -0.2) is 9.78 Å². The molecule has 9 nitrogen and oxygen atoms in total. The van der Waals surface area contributed by atoms with E-state index in [-0.39, 0.29) is 17.2 Å². The molecule has 1 fully saturated rings. The maximum atomic E-state index is 13.1. The Morgan fingerprint density at radius 3 is 2.61 bits per heavy atom. The zero-order chi connectivity index (χ0) is 27.0. The number of anilines is 1. The number of aromatic nitrogens is 6. The second-order valence-corrected chi connectivity index (χ2v) is 9.77. The Kier molecular flexibility index (Phi) is 6.89. The Hall–Kier alpha value is -3.83. The smallest absolute Gasteiger partial charge is 0.371 e. The standard InChI is InChI=1S/C26H30F3N7O2/c1-3-9-35-23-21(24(37)36(10-4-2)25(35)38)31-22(32-23)18-13-30-34(16-18)15-17-8-11-33(14-17)20-7-5-6-19(12-20)26(27,28)29/h5-7,12-13,16-17H,3-4,8-11,14-15H2,1-2H3,(H,31,32). The third-order valence-corrected chi connectivity index (χ3v) is 6.93. The molecule has 202 valence electrons. The molecule has 4 aromatic rings. The lowest BCUT2D eigenvalue weighted by Crippen LogP contribution is -2.40. The number of nitrogens with zero attached hydrogens (tertiary/aromatic N) is 6. The SMILES string of the molecule is CCCn1c(=O)c2[nH]c(-c3cnn(CC4CCN(c5cccc(C(F)(F)F)c5)C4)c3)nc2n(CCC)c1=O. The molecule has 0 amide bonds. The summed E-state index contributed by atoms with van der Waals surface area (Å²) in [5, 5.41) is 4.45. The number of H-pyrrole nitrogens is 1. The van der Waals surface area contributed by atoms with Crippen LogP contribution in [-0.2, 0) is 25.8 Å². The van der Waals surface area contributed by atoms with E-state index in [1.165, 1.54) is 21.3 Å². The number of imidazole rings is 1. The number of aryl methyl sites for hydroxylation is 1. The van der Waals surface area contributed by atoms with Gasteiger partial charge in [0.1, 0.15) is 11.3 Å². The van der Waals surface area contributed by atoms with Crippen LogP contribution in [0, 0.1) is 5.92 Å². The lowest BCUT2D eigenvalue weighted by molar-refractivity contribution is -0.137. The van der Waals surface area contributed by atoms with E-state index >= 15 is 0 Å². The summed E-state index contributed by atoms with van der Waals surface area (Å²) in [5.41, 5.74) is 0.499. The Balaban J connectivity index is 1.35. The van der Waals surface area contributed by atoms with Crippen molar-refractivity contribution in [2.45, 2.75) is 58.9 Å². The van der Waals surface area contributed by atoms with E-state index in [1.54, 1.807) is 16.9 Å². The van der Waals surface area contributed by atoms with Crippen molar-refractivity contribution in [3.05, 3.63) is 63.1 Å². The van der Waals surface area contributed by atoms with Crippen molar-refractivity contribution in [1.29, 1.82) is 0 Å². The normalized spacial score (nSPS) is 16.1. The molecule has 0 radical (unpaired) electrons. The summed E-state index contributed by atoms with van der Waals surface area (Å²) in [6.07, 6.45) is 1.33. The van der Waals surface area contributed by atoms with Crippen LogP contribution in [0.25, 0.3) is 22.6 Å². The van der Waals surface area contributed by atoms with Crippen LogP contribution in [0.3, 0.4) is 0 Å². The minimum atomic E-state index is -4.37. The van der Waals surface area contributed by atoms with Crippen molar-refractivity contribution in [3.8, 4) is 11.4 Å². The Bertz CT molecular complexity index is 1560. The number of alkyl halides is 3. The van der Waals surface area contributed by atoms with Gasteiger partial charge in [-0.15, -0.1) is 0 Å². The molecule has 5 rings (SSSR count). The molecule has 1 aromatic carbocycles. The van der Waals surface area contributed by atoms with Crippen molar-refractivity contribution >= 4 is 16.9 Å². The minimum Gasteiger partial charge on any atom is -0.371 e. The summed E-state index contributed by atoms with van der Waals surface area (Å²) in [6.45, 7) is 6.55. The molecule has 0 saturated carbocycles. The number of fused-ring (bicyclic) bond motifs is 1. The van der Waals surface area contributed by atoms with Gasteiger partial charge in [-0.2, -0.15) is 18.3 Å². The third kappa shape index (κ3) is 4.86. The largest absolute Gasteiger partial charge is 0.416 e. The van der Waals surface area contributed by atoms with Crippen LogP contribution in [0.4, 0.5) is 18.9 Å². The molecule has 1 N–H and O–H groups in total. The number of aromatic amines is 1. The highest BCUT2D eigenvalue weighted by atomic mass is 19.4. The first-order valence-corrected chi connectivity index (χ1v) is 12.9. The quantitative estimate of drug-likeness (QED) is 0.371. The molecule has 1 saturated heterocycles. The fraction of sp³-hybridized carbons (Fsp3) is 0.462. The van der Waals surface area contributed by atoms with E-state index in [2.05, 4.69) is 15.1 Å². The van der Waals surface area contributed by atoms with Crippen LogP contribution in [0.1, 0.15) is 38.7 Å². The maximum Gasteiger partial charge on any atom is 0.416 e. The molecule has 1 atom stereocenters. The molecule has 0 bridgehead atoms. The first-order valence-electron chi connectivity index (χ1n) is 12.9. The van der Waals surface area contributed by atoms with Crippen molar-refractivity contribution in [1.82, 2.24) is 28.9 Å². The average molecular weight is 530 g/mol. The number of nitrogens with one attached hydrogen (secondary N) is 1. The van der Waals surface area contributed by atoms with Crippen molar-refractivity contribution in [2.75, 3.05) is 18.0 Å². The van der Waals surface area contributed by atoms with Gasteiger partial charge in [0, 0.05) is 44.6 Å². The van der Waals surface area contributed by atoms with Crippen LogP contribution in [0.5, 0.6) is 0 Å². The predicted molar refractivity (Wildman–Crippen MR) is 138 cm³/mol. The summed E-state index contributed by atoms with van der Waals surface area (Å²) in [5.74, 6) is 0.669. The highest BCUT2D eigenvalue weighted by Gasteiger charge is 2.32. The Labute approximate surface area is 216 Å². The fourth-order valence-corrected chi connectivity index (χ4v) is 5.09. The molecule has 1 aliphatic heterocycles. The lowest BCUT2D eigenvalue weighted by atomic mass is 10.1. The molecule has 1 unspecified atom stereocenters. The summed E-state index contributed by atoms with van der Waals surface area (Å²) >= 11 is 0. The van der Waals surface area contributed by atoms with E-state index in [9.17, 15) is 22.8 Å². The van der Waals surface area contributed by atoms with Gasteiger partial charge >= 0.3 is 11.9 Å². The number of rotatable bonds is 8. The van der Waals surface area contributed by atoms with E-state index in [1.807, 2.05) is 24.9 Å². The molecule has 12 heteroatoms. The monoisotopic (exact) mass is 529 g/mol. The van der Waals surface area contributed by atoms with E-state index in [0.29, 0.717) is 67.4 Å². The predicted octanol–water partition coefficient (Wildman–Crippen LogP) is 4.12. The van der Waals surface area contributed by atoms with E-state index in [4.69, 9.17) is 0 Å². The number of benzene rings is 1. The van der Waals surface area contributed by atoms with Crippen LogP contribution < -0.4 is 16.1 Å². The first kappa shape index (κ1) is 25.8. The zero-order valence-electron chi connectivity index (χ0n) is 21.3. The average Bonchev–Trinajstić information content (AvgIpc) is 3.64. The molecule has 38 heavy (non-hydrogen) atoms. The molecule has 0 spiro atoms. The van der Waals surface area contributed by atoms with Crippen molar-refractivity contribution < 1.29 is 13.2 Å². The Morgan fingerprint density at radius 1 is 1.11 bits per heavy atom. The summed E-state index contributed by atoms with van der Waals surface area (Å²) < 4.78 is 43.9. The lowest BCUT2D eigenvalue weighted by Gasteiger charge is -2.20. The van der Waals surface area contributed by atoms with Crippen LogP contribution in [0.2, 0.25) is 0 Å². The molecule has 1 aliphatic rings. The minimum absolute atomic E-state index is 0.212. The van der Waals surface area contributed by atoms with Crippen molar-refractivity contribution in [3.63, 3.8) is 0 Å². The molecule has 3 aromatic heterocycles. The Morgan fingerprint density at radius 2 is 1.87 bits per heavy atom. The highest BCUT2D eigenvalue weighted by molar-refractivity contribution is 5.75. The third-order valence-electron chi connectivity index (χ3n) is 6.93. The van der Waals surface area contributed by atoms with Gasteiger partial charge in [0.05, 0.1) is 17.3 Å². The molecular formula is C26H30F3N7O2. The van der Waals surface area contributed by atoms with E-state index < -0.39 is 11.7 Å². The molecular weight excluding hydrogens is 499 g/mol. The second kappa shape index (κ2) is 10.1. The van der Waals surface area contributed by atoms with Gasteiger partial charge < -0.3 is 9.88 Å². The van der Waals surface area contributed by atoms with E-state index in [0.717, 1.165) is 18.9 Å². The topological polar surface area (TPSA) is 93.7 Å². The maximum absolute atomic E-state index is 13.1. The summed E-state index contributed by atoms with van der Waals surface area (Å²) in [4.78, 5) is 35.6. The zero-order valence-corrected chi connectivity index (χ0v) is 21.3. The number of hydrogen-bond donors (Lipinski definition) is 1. The van der Waals surface area contributed by atoms with Gasteiger partial charge in [-0.3, -0.25) is 18.6 Å². The fourth-order valence-electron chi connectivity index (χ4n) is 5.09. The van der Waals surface area contributed by atoms with Gasteiger partial charge in [0.25, 0.3) is 5.56 Å². The second-order valence-electron chi connectivity index (χ2n) is 9.77. The molecule has 0 aliphatic carbocycles. The van der Waals surface area contributed by atoms with Gasteiger partial charge in [-0.1, -0.05) is 19.9 Å². The number of hydrogen-bond acceptors (Lipinski definition) is 5. The van der Waals surface area contributed by atoms with Crippen LogP contribution >= 0.6 is 0 Å². The van der Waals surface area contributed by atoms with Gasteiger partial charge in [-0.05, 0) is 43.4 Å². The summed E-state index contributed by atoms with van der Waals surface area (Å²) in [6, 6.07) is 5.43. The number of halogens is 3. The van der Waals surface area contributed by atoms with Crippen LogP contribution in [-0.4, -0.2) is 42.0 Å². The van der Waals surface area contributed by atoms with Crippen molar-refractivity contribution in [2.24, 2.45) is 5.92 Å². The first-order chi connectivity index (χ1) is 18.2. The van der Waals surface area contributed by atoms with Gasteiger partial charge in [0.2, 0.25) is 0 Å². The molecule has 4 heterocycles. The van der Waals surface area contributed by atoms with Crippen LogP contribution in [0.15, 0.2) is 46.2 Å². The summed E-state index contributed by atoms with van der Waals surface area (Å²) in [7, 11) is 0. The van der Waals surface area contributed by atoms with Gasteiger partial charge in [0.15, 0.2) is 5.65 Å². The highest BCUT2D eigenvalue weighted by Crippen LogP contribution is 2.33.